The molecule has 8 nitrogen and oxygen atoms in total. The van der Waals surface area contributed by atoms with Crippen molar-refractivity contribution in [3.8, 4) is 6.07 Å². The molecule has 1 aromatic carbocycles. The number of ether oxygens (including phenoxy) is 1. The van der Waals surface area contributed by atoms with E-state index >= 15 is 0 Å². The zero-order valence-electron chi connectivity index (χ0n) is 11.7. The number of benzene rings is 1. The van der Waals surface area contributed by atoms with E-state index in [0.29, 0.717) is 31.9 Å². The number of nitrogens with one attached hydrogen (secondary N) is 1. The number of hydrogen-bond donors (Lipinski definition) is 1. The van der Waals surface area contributed by atoms with Gasteiger partial charge in [0, 0.05) is 25.2 Å². The van der Waals surface area contributed by atoms with Crippen LogP contribution in [0.3, 0.4) is 0 Å². The topological polar surface area (TPSA) is 108 Å². The number of non-ortho nitro benzene ring substituents is 1. The van der Waals surface area contributed by atoms with E-state index in [1.165, 1.54) is 24.3 Å². The van der Waals surface area contributed by atoms with Crippen LogP contribution in [0.15, 0.2) is 29.8 Å². The van der Waals surface area contributed by atoms with Crippen molar-refractivity contribution in [2.75, 3.05) is 26.3 Å². The van der Waals surface area contributed by atoms with Crippen molar-refractivity contribution in [2.45, 2.75) is 0 Å². The molecule has 0 atom stereocenters. The average Bonchev–Trinajstić information content (AvgIpc) is 2.53. The highest BCUT2D eigenvalue weighted by Gasteiger charge is 2.16. The summed E-state index contributed by atoms with van der Waals surface area (Å²) in [5, 5.41) is 21.5. The van der Waals surface area contributed by atoms with Crippen molar-refractivity contribution in [2.24, 2.45) is 0 Å². The van der Waals surface area contributed by atoms with Crippen LogP contribution >= 0.6 is 0 Å². The van der Waals surface area contributed by atoms with Crippen LogP contribution in [0, 0.1) is 21.4 Å². The minimum Gasteiger partial charge on any atom is -0.379 e. The van der Waals surface area contributed by atoms with Crippen molar-refractivity contribution >= 4 is 17.7 Å². The van der Waals surface area contributed by atoms with Crippen LogP contribution in [0.1, 0.15) is 5.56 Å². The van der Waals surface area contributed by atoms with Crippen molar-refractivity contribution < 1.29 is 14.5 Å². The first kappa shape index (κ1) is 15.6. The summed E-state index contributed by atoms with van der Waals surface area (Å²) in [7, 11) is 0. The van der Waals surface area contributed by atoms with Gasteiger partial charge in [0.05, 0.1) is 18.1 Å². The predicted octanol–water partition coefficient (Wildman–Crippen LogP) is 0.865. The quantitative estimate of drug-likeness (QED) is 0.382. The Morgan fingerprint density at radius 2 is 2.18 bits per heavy atom. The SMILES string of the molecule is N#C/C(=C\c1cccc([N+](=O)[O-])c1)C(=O)NN1CCOCC1. The fourth-order valence-electron chi connectivity index (χ4n) is 1.92. The van der Waals surface area contributed by atoms with E-state index in [9.17, 15) is 14.9 Å². The summed E-state index contributed by atoms with van der Waals surface area (Å²) < 4.78 is 5.16. The van der Waals surface area contributed by atoms with Gasteiger partial charge in [-0.3, -0.25) is 20.3 Å². The molecule has 1 aliphatic heterocycles. The van der Waals surface area contributed by atoms with Crippen molar-refractivity contribution in [3.63, 3.8) is 0 Å². The number of amides is 1. The second kappa shape index (κ2) is 7.31. The molecular weight excluding hydrogens is 288 g/mol. The van der Waals surface area contributed by atoms with Crippen LogP contribution in [0.25, 0.3) is 6.08 Å². The van der Waals surface area contributed by atoms with E-state index in [1.807, 2.05) is 6.07 Å². The molecule has 1 N–H and O–H groups in total. The molecule has 1 aliphatic rings. The third kappa shape index (κ3) is 4.12. The van der Waals surface area contributed by atoms with Crippen LogP contribution < -0.4 is 5.43 Å². The first-order valence-corrected chi connectivity index (χ1v) is 6.60. The van der Waals surface area contributed by atoms with E-state index in [-0.39, 0.29) is 11.3 Å². The Hall–Kier alpha value is -2.76. The van der Waals surface area contributed by atoms with Gasteiger partial charge in [0.25, 0.3) is 11.6 Å². The number of hydrogen-bond acceptors (Lipinski definition) is 6. The Kier molecular flexibility index (Phi) is 5.19. The summed E-state index contributed by atoms with van der Waals surface area (Å²) in [6, 6.07) is 7.55. The molecule has 0 aromatic heterocycles. The van der Waals surface area contributed by atoms with E-state index < -0.39 is 10.8 Å². The minimum absolute atomic E-state index is 0.0976. The highest BCUT2D eigenvalue weighted by atomic mass is 16.6. The Morgan fingerprint density at radius 3 is 2.82 bits per heavy atom. The molecule has 114 valence electrons. The third-order valence-electron chi connectivity index (χ3n) is 3.03. The normalized spacial score (nSPS) is 15.9. The molecule has 0 spiro atoms. The lowest BCUT2D eigenvalue weighted by atomic mass is 10.1. The summed E-state index contributed by atoms with van der Waals surface area (Å²) in [4.78, 5) is 22.2. The van der Waals surface area contributed by atoms with E-state index in [2.05, 4.69) is 5.43 Å². The molecule has 0 saturated carbocycles. The summed E-state index contributed by atoms with van der Waals surface area (Å²) >= 11 is 0. The average molecular weight is 302 g/mol. The van der Waals surface area contributed by atoms with Crippen LogP contribution in [0.2, 0.25) is 0 Å². The third-order valence-corrected chi connectivity index (χ3v) is 3.03. The van der Waals surface area contributed by atoms with E-state index in [0.717, 1.165) is 0 Å². The molecule has 8 heteroatoms. The summed E-state index contributed by atoms with van der Waals surface area (Å²) in [6.45, 7) is 2.11. The lowest BCUT2D eigenvalue weighted by Crippen LogP contribution is -2.48. The fraction of sp³-hybridized carbons (Fsp3) is 0.286. The summed E-state index contributed by atoms with van der Waals surface area (Å²) in [5.74, 6) is -0.545. The van der Waals surface area contributed by atoms with Crippen LogP contribution in [0.4, 0.5) is 5.69 Å². The lowest BCUT2D eigenvalue weighted by Gasteiger charge is -2.26. The number of nitriles is 1. The first-order chi connectivity index (χ1) is 10.6. The van der Waals surface area contributed by atoms with Gasteiger partial charge in [-0.1, -0.05) is 12.1 Å². The van der Waals surface area contributed by atoms with Gasteiger partial charge in [0.2, 0.25) is 0 Å². The Morgan fingerprint density at radius 1 is 1.45 bits per heavy atom. The molecule has 1 amide bonds. The monoisotopic (exact) mass is 302 g/mol. The number of rotatable bonds is 4. The lowest BCUT2D eigenvalue weighted by molar-refractivity contribution is -0.384. The molecular formula is C14H14N4O4. The van der Waals surface area contributed by atoms with E-state index in [1.54, 1.807) is 11.1 Å². The molecule has 0 aliphatic carbocycles. The van der Waals surface area contributed by atoms with Gasteiger partial charge in [-0.05, 0) is 11.6 Å². The van der Waals surface area contributed by atoms with Crippen molar-refractivity contribution in [3.05, 3.63) is 45.5 Å². The smallest absolute Gasteiger partial charge is 0.276 e. The molecule has 0 bridgehead atoms. The highest BCUT2D eigenvalue weighted by molar-refractivity contribution is 6.01. The Balaban J connectivity index is 2.12. The number of hydrazine groups is 1. The van der Waals surface area contributed by atoms with Gasteiger partial charge in [0.1, 0.15) is 11.6 Å². The van der Waals surface area contributed by atoms with Crippen LogP contribution in [0.5, 0.6) is 0 Å². The Bertz CT molecular complexity index is 644. The molecule has 1 fully saturated rings. The first-order valence-electron chi connectivity index (χ1n) is 6.60. The molecule has 1 aromatic rings. The van der Waals surface area contributed by atoms with Gasteiger partial charge in [-0.2, -0.15) is 5.26 Å². The molecule has 0 radical (unpaired) electrons. The number of nitro benzene ring substituents is 1. The summed E-state index contributed by atoms with van der Waals surface area (Å²) in [5.41, 5.74) is 2.82. The second-order valence-electron chi connectivity index (χ2n) is 4.56. The maximum Gasteiger partial charge on any atom is 0.276 e. The predicted molar refractivity (Wildman–Crippen MR) is 77.2 cm³/mol. The standard InChI is InChI=1S/C14H14N4O4/c15-10-12(14(19)16-17-4-6-22-7-5-17)8-11-2-1-3-13(9-11)18(20)21/h1-3,8-9H,4-7H2,(H,16,19)/b12-8+. The number of nitrogens with zero attached hydrogens (tertiary/aromatic N) is 3. The summed E-state index contributed by atoms with van der Waals surface area (Å²) in [6.07, 6.45) is 1.32. The van der Waals surface area contributed by atoms with Crippen molar-refractivity contribution in [1.82, 2.24) is 10.4 Å². The molecule has 1 saturated heterocycles. The minimum atomic E-state index is -0.545. The number of morpholine rings is 1. The van der Waals surface area contributed by atoms with Gasteiger partial charge < -0.3 is 4.74 Å². The number of nitro groups is 1. The van der Waals surface area contributed by atoms with Gasteiger partial charge in [-0.25, -0.2) is 5.01 Å². The fourth-order valence-corrected chi connectivity index (χ4v) is 1.92. The highest BCUT2D eigenvalue weighted by Crippen LogP contribution is 2.15. The largest absolute Gasteiger partial charge is 0.379 e. The van der Waals surface area contributed by atoms with E-state index in [4.69, 9.17) is 10.00 Å². The number of carbonyl (C=O) groups excluding carboxylic acids is 1. The molecule has 1 heterocycles. The second-order valence-corrected chi connectivity index (χ2v) is 4.56. The van der Waals surface area contributed by atoms with Crippen LogP contribution in [-0.2, 0) is 9.53 Å². The maximum atomic E-state index is 12.0. The maximum absolute atomic E-state index is 12.0. The molecule has 2 rings (SSSR count). The Labute approximate surface area is 126 Å². The van der Waals surface area contributed by atoms with Crippen molar-refractivity contribution in [1.29, 1.82) is 5.26 Å². The number of carbonyl (C=O) groups is 1. The molecule has 22 heavy (non-hydrogen) atoms. The van der Waals surface area contributed by atoms with Gasteiger partial charge >= 0.3 is 0 Å². The van der Waals surface area contributed by atoms with Gasteiger partial charge in [-0.15, -0.1) is 0 Å². The zero-order chi connectivity index (χ0) is 15.9. The zero-order valence-corrected chi connectivity index (χ0v) is 11.7. The van der Waals surface area contributed by atoms with Gasteiger partial charge in [0.15, 0.2) is 0 Å². The molecule has 0 unspecified atom stereocenters. The van der Waals surface area contributed by atoms with Crippen LogP contribution in [-0.4, -0.2) is 42.1 Å².